The number of aromatic nitrogens is 1. The van der Waals surface area contributed by atoms with Gasteiger partial charge in [-0.2, -0.15) is 0 Å². The summed E-state index contributed by atoms with van der Waals surface area (Å²) in [5, 5.41) is 11.3. The van der Waals surface area contributed by atoms with Gasteiger partial charge in [0.25, 0.3) is 5.69 Å². The zero-order chi connectivity index (χ0) is 15.1. The SMILES string of the molecule is Cc1cc(-c2nc3c(F)cc(F)cc3s2)ccc1[N+](=O)[O-]. The molecule has 3 rings (SSSR count). The highest BCUT2D eigenvalue weighted by atomic mass is 32.1. The fraction of sp³-hybridized carbons (Fsp3) is 0.0714. The van der Waals surface area contributed by atoms with Gasteiger partial charge in [0.05, 0.1) is 9.62 Å². The van der Waals surface area contributed by atoms with Gasteiger partial charge in [0, 0.05) is 23.3 Å². The average Bonchev–Trinajstić information content (AvgIpc) is 2.82. The summed E-state index contributed by atoms with van der Waals surface area (Å²) in [7, 11) is 0. The fourth-order valence-corrected chi connectivity index (χ4v) is 3.08. The van der Waals surface area contributed by atoms with Gasteiger partial charge in [-0.15, -0.1) is 11.3 Å². The minimum Gasteiger partial charge on any atom is -0.258 e. The van der Waals surface area contributed by atoms with Gasteiger partial charge in [-0.25, -0.2) is 13.8 Å². The van der Waals surface area contributed by atoms with E-state index in [0.717, 1.165) is 17.4 Å². The molecular formula is C14H8F2N2O2S. The molecule has 0 aliphatic heterocycles. The molecule has 0 atom stereocenters. The molecule has 0 unspecified atom stereocenters. The molecule has 0 bridgehead atoms. The lowest BCUT2D eigenvalue weighted by atomic mass is 10.1. The zero-order valence-electron chi connectivity index (χ0n) is 10.8. The van der Waals surface area contributed by atoms with Crippen molar-refractivity contribution in [3.8, 4) is 10.6 Å². The Morgan fingerprint density at radius 3 is 2.67 bits per heavy atom. The molecule has 0 saturated carbocycles. The standard InChI is InChI=1S/C14H8F2N2O2S/c1-7-4-8(2-3-11(7)18(19)20)14-17-13-10(16)5-9(15)6-12(13)21-14/h2-6H,1H3. The third-order valence-corrected chi connectivity index (χ3v) is 4.11. The molecule has 0 spiro atoms. The van der Waals surface area contributed by atoms with Gasteiger partial charge in [0.1, 0.15) is 16.3 Å². The quantitative estimate of drug-likeness (QED) is 0.519. The minimum atomic E-state index is -0.717. The summed E-state index contributed by atoms with van der Waals surface area (Å²) < 4.78 is 27.2. The third-order valence-electron chi connectivity index (χ3n) is 3.05. The smallest absolute Gasteiger partial charge is 0.258 e. The van der Waals surface area contributed by atoms with Gasteiger partial charge >= 0.3 is 0 Å². The van der Waals surface area contributed by atoms with Crippen LogP contribution in [0, 0.1) is 28.7 Å². The van der Waals surface area contributed by atoms with Crippen LogP contribution in [0.3, 0.4) is 0 Å². The number of benzene rings is 2. The van der Waals surface area contributed by atoms with E-state index in [1.165, 1.54) is 12.1 Å². The molecule has 0 aliphatic rings. The molecule has 4 nitrogen and oxygen atoms in total. The van der Waals surface area contributed by atoms with E-state index in [1.54, 1.807) is 19.1 Å². The molecule has 2 aromatic carbocycles. The predicted octanol–water partition coefficient (Wildman–Crippen LogP) is 4.46. The second-order valence-electron chi connectivity index (χ2n) is 4.51. The lowest BCUT2D eigenvalue weighted by Gasteiger charge is -1.99. The van der Waals surface area contributed by atoms with Crippen LogP contribution in [0.1, 0.15) is 5.56 Å². The van der Waals surface area contributed by atoms with E-state index in [2.05, 4.69) is 4.98 Å². The van der Waals surface area contributed by atoms with Crippen LogP contribution in [0.15, 0.2) is 30.3 Å². The van der Waals surface area contributed by atoms with E-state index in [4.69, 9.17) is 0 Å². The first-order valence-corrected chi connectivity index (χ1v) is 6.78. The number of nitrogens with zero attached hydrogens (tertiary/aromatic N) is 2. The van der Waals surface area contributed by atoms with Crippen molar-refractivity contribution in [1.82, 2.24) is 4.98 Å². The maximum Gasteiger partial charge on any atom is 0.272 e. The number of halogens is 2. The van der Waals surface area contributed by atoms with Crippen molar-refractivity contribution in [2.45, 2.75) is 6.92 Å². The molecule has 0 radical (unpaired) electrons. The molecule has 7 heteroatoms. The lowest BCUT2D eigenvalue weighted by Crippen LogP contribution is -1.91. The summed E-state index contributed by atoms with van der Waals surface area (Å²) in [4.78, 5) is 14.5. The van der Waals surface area contributed by atoms with Crippen LogP contribution in [0.5, 0.6) is 0 Å². The Morgan fingerprint density at radius 1 is 1.24 bits per heavy atom. The molecule has 0 aliphatic carbocycles. The van der Waals surface area contributed by atoms with Crippen molar-refractivity contribution in [3.05, 3.63) is 57.6 Å². The third kappa shape index (κ3) is 2.36. The summed E-state index contributed by atoms with van der Waals surface area (Å²) >= 11 is 1.14. The maximum atomic E-state index is 13.6. The number of aryl methyl sites for hydroxylation is 1. The van der Waals surface area contributed by atoms with Crippen molar-refractivity contribution < 1.29 is 13.7 Å². The van der Waals surface area contributed by atoms with Crippen LogP contribution in [0.2, 0.25) is 0 Å². The molecule has 0 N–H and O–H groups in total. The monoisotopic (exact) mass is 306 g/mol. The van der Waals surface area contributed by atoms with Crippen LogP contribution in [0.4, 0.5) is 14.5 Å². The van der Waals surface area contributed by atoms with E-state index in [9.17, 15) is 18.9 Å². The molecule has 3 aromatic rings. The number of fused-ring (bicyclic) bond motifs is 1. The molecule has 0 fully saturated rings. The Kier molecular flexibility index (Phi) is 3.13. The molecule has 1 aromatic heterocycles. The van der Waals surface area contributed by atoms with Crippen molar-refractivity contribution in [3.63, 3.8) is 0 Å². The van der Waals surface area contributed by atoms with E-state index in [1.807, 2.05) is 0 Å². The van der Waals surface area contributed by atoms with Crippen molar-refractivity contribution >= 4 is 27.2 Å². The highest BCUT2D eigenvalue weighted by molar-refractivity contribution is 7.21. The van der Waals surface area contributed by atoms with Gasteiger partial charge < -0.3 is 0 Å². The number of nitro groups is 1. The topological polar surface area (TPSA) is 56.0 Å². The average molecular weight is 306 g/mol. The summed E-state index contributed by atoms with van der Waals surface area (Å²) in [5.74, 6) is -1.37. The Balaban J connectivity index is 2.14. The van der Waals surface area contributed by atoms with E-state index >= 15 is 0 Å². The van der Waals surface area contributed by atoms with Crippen molar-refractivity contribution in [2.75, 3.05) is 0 Å². The summed E-state index contributed by atoms with van der Waals surface area (Å²) in [6.45, 7) is 1.62. The number of hydrogen-bond acceptors (Lipinski definition) is 4. The van der Waals surface area contributed by atoms with E-state index in [0.29, 0.717) is 20.8 Å². The summed E-state index contributed by atoms with van der Waals surface area (Å²) in [6, 6.07) is 6.56. The summed E-state index contributed by atoms with van der Waals surface area (Å²) in [6.07, 6.45) is 0. The molecule has 106 valence electrons. The van der Waals surface area contributed by atoms with Gasteiger partial charge in [-0.3, -0.25) is 10.1 Å². The molecule has 21 heavy (non-hydrogen) atoms. The Morgan fingerprint density at radius 2 is 2.00 bits per heavy atom. The fourth-order valence-electron chi connectivity index (χ4n) is 2.07. The number of rotatable bonds is 2. The van der Waals surface area contributed by atoms with Gasteiger partial charge in [0.15, 0.2) is 5.82 Å². The first-order valence-electron chi connectivity index (χ1n) is 5.96. The molecular weight excluding hydrogens is 298 g/mol. The second kappa shape index (κ2) is 4.85. The summed E-state index contributed by atoms with van der Waals surface area (Å²) in [5.41, 5.74) is 1.24. The highest BCUT2D eigenvalue weighted by Gasteiger charge is 2.15. The number of hydrogen-bond donors (Lipinski definition) is 0. The van der Waals surface area contributed by atoms with Crippen LogP contribution < -0.4 is 0 Å². The van der Waals surface area contributed by atoms with Gasteiger partial charge in [-0.05, 0) is 25.1 Å². The molecule has 0 amide bonds. The van der Waals surface area contributed by atoms with Gasteiger partial charge in [-0.1, -0.05) is 0 Å². The normalized spacial score (nSPS) is 11.0. The van der Waals surface area contributed by atoms with Crippen molar-refractivity contribution in [1.29, 1.82) is 0 Å². The predicted molar refractivity (Wildman–Crippen MR) is 76.4 cm³/mol. The van der Waals surface area contributed by atoms with E-state index in [-0.39, 0.29) is 11.2 Å². The van der Waals surface area contributed by atoms with Crippen LogP contribution in [-0.2, 0) is 0 Å². The van der Waals surface area contributed by atoms with Crippen LogP contribution >= 0.6 is 11.3 Å². The maximum absolute atomic E-state index is 13.6. The Labute approximate surface area is 121 Å². The molecule has 0 saturated heterocycles. The number of thiazole rings is 1. The van der Waals surface area contributed by atoms with Crippen LogP contribution in [-0.4, -0.2) is 9.91 Å². The first kappa shape index (κ1) is 13.6. The Bertz CT molecular complexity index is 877. The van der Waals surface area contributed by atoms with Crippen LogP contribution in [0.25, 0.3) is 20.8 Å². The first-order chi connectivity index (χ1) is 9.95. The second-order valence-corrected chi connectivity index (χ2v) is 5.54. The number of nitro benzene ring substituents is 1. The largest absolute Gasteiger partial charge is 0.272 e. The Hall–Kier alpha value is -2.41. The zero-order valence-corrected chi connectivity index (χ0v) is 11.6. The minimum absolute atomic E-state index is 0.0112. The van der Waals surface area contributed by atoms with Gasteiger partial charge in [0.2, 0.25) is 0 Å². The van der Waals surface area contributed by atoms with E-state index < -0.39 is 16.6 Å². The highest BCUT2D eigenvalue weighted by Crippen LogP contribution is 2.33. The van der Waals surface area contributed by atoms with Crippen molar-refractivity contribution in [2.24, 2.45) is 0 Å². The lowest BCUT2D eigenvalue weighted by molar-refractivity contribution is -0.385. The molecule has 1 heterocycles.